The molecule has 24 nitrogen and oxygen atoms in total. The molecule has 0 saturated carbocycles. The predicted molar refractivity (Wildman–Crippen MR) is 423 cm³/mol. The standard InChI is InChI=1S/C24H25ClFN3O3.C16H16F3NO3.C12H16ClFN2O.C12H8F3NO3.C10H6F3NO.C6H11BrO2.CH2O3.2K.H/c1-15(2)29(13-22(31)27-11-17-7-6-9-20(25)24(17)26)23(32)14-28-12-19(16(3)30)18-8-4-5-10-21(18)28;1-15(2,3)23-13(21)9-20-8-11(14(22)16(17,18)19)10-6-4-5-7-12(10)20;1-8(2)15-7-11(17)16-6-9-4-3-5-10(13)12(9)14;13-12(14,15)11(19)8-5-16(6-10(17)18)9-4-2-1-3-7(8)9;11-10(12,13)9(15)7-5-14-8-4-2-1-3-6(7)8;1-6(2,3)9-5(8)4-7;2-1-4-3;;;/h4-10,12,15H,11,13-14H2,1-3H3,(H,27,31);4-8H,9H2,1-3H3;3-5,8,15H,6-7H2,1-2H3,(H,16,17);1-5H,6H2,(H,17,18);1-5,14H;4H2,1-3H3;1,3H;;;/q;;;;;;;2*+1;-1/p-1. The van der Waals surface area contributed by atoms with Crippen molar-refractivity contribution in [3.8, 4) is 0 Å². The second-order valence-corrected chi connectivity index (χ2v) is 29.2. The quantitative estimate of drug-likeness (QED) is 0.00616. The van der Waals surface area contributed by atoms with Gasteiger partial charge in [0.05, 0.1) is 39.8 Å². The van der Waals surface area contributed by atoms with Crippen LogP contribution in [-0.2, 0) is 80.6 Å². The largest absolute Gasteiger partial charge is 1.00 e. The predicted octanol–water partition coefficient (Wildman–Crippen LogP) is 9.67. The number of carboxylic acids is 1. The van der Waals surface area contributed by atoms with Crippen LogP contribution in [-0.4, -0.2) is 154 Å². The Kier molecular flexibility index (Phi) is 45.1. The molecule has 0 saturated heterocycles. The fourth-order valence-corrected chi connectivity index (χ4v) is 11.1. The van der Waals surface area contributed by atoms with Gasteiger partial charge in [-0.15, -0.1) is 0 Å². The third kappa shape index (κ3) is 35.6. The Balaban J connectivity index is 0.000000745. The molecule has 0 aliphatic heterocycles. The molecule has 3 amide bonds. The summed E-state index contributed by atoms with van der Waals surface area (Å²) in [6, 6.07) is 35.0. The van der Waals surface area contributed by atoms with Gasteiger partial charge in [-0.1, -0.05) is 150 Å². The third-order valence-electron chi connectivity index (χ3n) is 15.7. The topological polar surface area (TPSA) is 329 Å². The summed E-state index contributed by atoms with van der Waals surface area (Å²) in [4.78, 5) is 131. The fraction of sp³-hybridized carbons (Fsp3) is 0.321. The average molecular weight is 1860 g/mol. The number of amides is 3. The van der Waals surface area contributed by atoms with Crippen LogP contribution in [0.25, 0.3) is 43.6 Å². The van der Waals surface area contributed by atoms with Crippen LogP contribution in [0.4, 0.5) is 48.3 Å². The number of aromatic nitrogens is 4. The van der Waals surface area contributed by atoms with E-state index in [0.717, 1.165) is 34.1 Å². The molecule has 121 heavy (non-hydrogen) atoms. The van der Waals surface area contributed by atoms with E-state index in [2.05, 4.69) is 41.8 Å². The van der Waals surface area contributed by atoms with Crippen LogP contribution in [0.2, 0.25) is 10.0 Å². The fourth-order valence-electron chi connectivity index (χ4n) is 10.6. The number of hydrogen-bond donors (Lipinski definition) is 5. The van der Waals surface area contributed by atoms with Gasteiger partial charge < -0.3 is 65.7 Å². The van der Waals surface area contributed by atoms with Crippen molar-refractivity contribution in [1.29, 1.82) is 0 Å². The molecule has 0 fully saturated rings. The van der Waals surface area contributed by atoms with E-state index in [1.807, 2.05) is 72.7 Å². The zero-order valence-electron chi connectivity index (χ0n) is 68.6. The maximum atomic E-state index is 14.0. The van der Waals surface area contributed by atoms with Gasteiger partial charge in [0.2, 0.25) is 17.7 Å². The number of benzene rings is 6. The van der Waals surface area contributed by atoms with Gasteiger partial charge in [-0.25, -0.2) is 8.78 Å². The summed E-state index contributed by atoms with van der Waals surface area (Å²) in [7, 11) is 0. The zero-order valence-corrected chi connectivity index (χ0v) is 76.9. The van der Waals surface area contributed by atoms with Crippen LogP contribution in [0.1, 0.15) is 130 Å². The van der Waals surface area contributed by atoms with Crippen molar-refractivity contribution in [1.82, 2.24) is 39.5 Å². The second-order valence-electron chi connectivity index (χ2n) is 27.9. The van der Waals surface area contributed by atoms with Gasteiger partial charge in [-0.3, -0.25) is 52.7 Å². The maximum absolute atomic E-state index is 14.0. The van der Waals surface area contributed by atoms with Crippen molar-refractivity contribution in [3.05, 3.63) is 213 Å². The Labute approximate surface area is 791 Å². The summed E-state index contributed by atoms with van der Waals surface area (Å²) < 4.78 is 154. The molecule has 0 spiro atoms. The normalized spacial score (nSPS) is 11.1. The number of halogens is 14. The number of nitrogens with zero attached hydrogens (tertiary/aromatic N) is 4. The van der Waals surface area contributed by atoms with Crippen molar-refractivity contribution >= 4 is 148 Å². The van der Waals surface area contributed by atoms with Crippen LogP contribution in [0, 0.1) is 11.6 Å². The van der Waals surface area contributed by atoms with Crippen LogP contribution < -0.4 is 124 Å². The Morgan fingerprint density at radius 1 is 0.545 bits per heavy atom. The van der Waals surface area contributed by atoms with Crippen molar-refractivity contribution in [2.45, 2.75) is 151 Å². The summed E-state index contributed by atoms with van der Waals surface area (Å²) in [5, 5.41) is 27.0. The Bertz CT molecular complexity index is 5240. The first-order chi connectivity index (χ1) is 55.3. The summed E-state index contributed by atoms with van der Waals surface area (Å²) in [6.07, 6.45) is -10.1. The number of esters is 2. The number of nitrogens with one attached hydrogen (secondary N) is 4. The first kappa shape index (κ1) is 109. The molecule has 10 rings (SSSR count). The minimum absolute atomic E-state index is 0. The molecule has 0 unspecified atom stereocenters. The number of rotatable bonds is 22. The van der Waals surface area contributed by atoms with Crippen LogP contribution in [0.15, 0.2) is 158 Å². The average Bonchev–Trinajstić information content (AvgIpc) is 1.65. The second kappa shape index (κ2) is 50.0. The Morgan fingerprint density at radius 2 is 0.917 bits per heavy atom. The van der Waals surface area contributed by atoms with Gasteiger partial charge in [-0.2, -0.15) is 39.5 Å². The number of Topliss-reactive ketones (excluding diaryl/α,β-unsaturated/α-hetero) is 4. The van der Waals surface area contributed by atoms with Crippen molar-refractivity contribution in [2.24, 2.45) is 0 Å². The number of ketones is 4. The van der Waals surface area contributed by atoms with E-state index in [1.54, 1.807) is 86.1 Å². The van der Waals surface area contributed by atoms with Gasteiger partial charge >= 0.3 is 139 Å². The van der Waals surface area contributed by atoms with Gasteiger partial charge in [0, 0.05) is 110 Å². The Hall–Kier alpha value is -8.07. The number of alkyl halides is 10. The van der Waals surface area contributed by atoms with E-state index in [4.69, 9.17) is 47.8 Å². The summed E-state index contributed by atoms with van der Waals surface area (Å²) in [6.45, 7) is 18.8. The first-order valence-corrected chi connectivity index (χ1v) is 37.2. The number of para-hydroxylation sites is 4. The van der Waals surface area contributed by atoms with E-state index in [1.165, 1.54) is 71.0 Å². The number of ether oxygens (including phenoxy) is 2. The first-order valence-electron chi connectivity index (χ1n) is 35.4. The number of carboxylic acid groups (broad SMARTS) is 1. The monoisotopic (exact) mass is 1860 g/mol. The van der Waals surface area contributed by atoms with Gasteiger partial charge in [0.15, 0.2) is 5.78 Å². The molecule has 40 heteroatoms. The van der Waals surface area contributed by atoms with Gasteiger partial charge in [-0.05, 0) is 98.7 Å². The van der Waals surface area contributed by atoms with E-state index in [-0.39, 0.29) is 234 Å². The SMILES string of the molecule is CC(=O)c1cn(CC(=O)N(CC(=O)NCc2cccc(Cl)c2F)C(C)C)c2ccccc12.CC(C)(C)OC(=O)CBr.CC(C)(C)OC(=O)Cn1cc(C(=O)C(F)(F)F)c2ccccc21.CC(C)NCC(=O)NCc1cccc(Cl)c1F.O=C(O)Cn1cc(C(=O)C(F)(F)F)c2ccccc21.O=C(c1c[nH]c2ccccc12)C(F)(F)F.O=CO[O-].[H-].[K+].[K+]. The van der Waals surface area contributed by atoms with Crippen LogP contribution in [0.5, 0.6) is 0 Å². The number of carbonyl (C=O) groups is 11. The maximum Gasteiger partial charge on any atom is 1.00 e. The minimum Gasteiger partial charge on any atom is -1.00 e. The van der Waals surface area contributed by atoms with Gasteiger partial charge in [0.1, 0.15) is 47.8 Å². The molecule has 5 N–H and O–H groups in total. The number of hydrogen-bond acceptors (Lipinski definition) is 16. The van der Waals surface area contributed by atoms with Crippen LogP contribution >= 0.6 is 39.1 Å². The van der Waals surface area contributed by atoms with E-state index in [9.17, 15) is 96.2 Å². The molecule has 6 aromatic carbocycles. The molecular weight excluding hydrogens is 1780 g/mol. The van der Waals surface area contributed by atoms with Crippen molar-refractivity contribution in [3.63, 3.8) is 0 Å². The van der Waals surface area contributed by atoms with E-state index < -0.39 is 88.6 Å². The molecule has 644 valence electrons. The minimum atomic E-state index is -4.99. The van der Waals surface area contributed by atoms with Crippen molar-refractivity contribution < 1.29 is 230 Å². The van der Waals surface area contributed by atoms with Crippen molar-refractivity contribution in [2.75, 3.05) is 18.4 Å². The molecule has 0 aliphatic carbocycles. The molecule has 0 aliphatic rings. The molecule has 10 aromatic rings. The summed E-state index contributed by atoms with van der Waals surface area (Å²) in [5.41, 5.74) is 0.725. The molecule has 0 radical (unpaired) electrons. The third-order valence-corrected chi connectivity index (χ3v) is 16.7. The number of fused-ring (bicyclic) bond motifs is 4. The molecule has 0 bridgehead atoms. The van der Waals surface area contributed by atoms with Gasteiger partial charge in [0.25, 0.3) is 23.8 Å². The molecule has 0 atom stereocenters. The number of aliphatic carboxylic acids is 1. The van der Waals surface area contributed by atoms with E-state index >= 15 is 0 Å². The smallest absolute Gasteiger partial charge is 1.00 e. The Morgan fingerprint density at radius 3 is 1.30 bits per heavy atom. The molecule has 4 aromatic heterocycles. The number of aromatic amines is 1. The summed E-state index contributed by atoms with van der Waals surface area (Å²) in [5.74, 6) is -9.73. The summed E-state index contributed by atoms with van der Waals surface area (Å²) >= 11 is 14.4. The molecular formula is C81H84BrCl2F11K2N8O16. The number of H-pyrrole nitrogens is 1. The van der Waals surface area contributed by atoms with E-state index in [0.29, 0.717) is 27.5 Å². The zero-order chi connectivity index (χ0) is 89.8. The number of carbonyl (C=O) groups excluding carboxylic acids is 10. The van der Waals surface area contributed by atoms with Crippen LogP contribution in [0.3, 0.4) is 0 Å². The molecule has 4 heterocycles.